The number of alkyl carbamates (subject to hydrolysis) is 1. The maximum absolute atomic E-state index is 14.0. The van der Waals surface area contributed by atoms with Crippen molar-refractivity contribution >= 4 is 23.1 Å². The molecule has 9 nitrogen and oxygen atoms in total. The van der Waals surface area contributed by atoms with Crippen molar-refractivity contribution in [3.8, 4) is 17.3 Å². The molecule has 0 bridgehead atoms. The van der Waals surface area contributed by atoms with E-state index in [1.807, 2.05) is 4.90 Å². The number of alkyl halides is 3. The first-order valence-electron chi connectivity index (χ1n) is 13.9. The number of fused-ring (bicyclic) bond motifs is 1. The van der Waals surface area contributed by atoms with Crippen LogP contribution in [0.5, 0.6) is 0 Å². The SMILES string of the molecule is CC(C)(C)OC(=O)N[C@@H]1CCCN(c2nc3[nH]c(-c4ccc(C(F)(F)F)cc4)cc3c(=O)n2Cc2ccccc2C#N)C1. The van der Waals surface area contributed by atoms with Crippen LogP contribution in [0.2, 0.25) is 0 Å². The van der Waals surface area contributed by atoms with Crippen LogP contribution in [-0.2, 0) is 17.5 Å². The molecule has 0 saturated carbocycles. The van der Waals surface area contributed by atoms with Gasteiger partial charge in [0.1, 0.15) is 11.2 Å². The number of amides is 1. The molecule has 2 aromatic carbocycles. The van der Waals surface area contributed by atoms with Crippen LogP contribution in [0.1, 0.15) is 50.3 Å². The Labute approximate surface area is 245 Å². The number of aromatic amines is 1. The highest BCUT2D eigenvalue weighted by Crippen LogP contribution is 2.31. The van der Waals surface area contributed by atoms with E-state index in [2.05, 4.69) is 16.4 Å². The summed E-state index contributed by atoms with van der Waals surface area (Å²) in [6.07, 6.45) is -3.58. The lowest BCUT2D eigenvalue weighted by molar-refractivity contribution is -0.137. The molecule has 0 spiro atoms. The number of H-pyrrole nitrogens is 1. The van der Waals surface area contributed by atoms with Gasteiger partial charge >= 0.3 is 12.3 Å². The molecule has 5 rings (SSSR count). The molecule has 43 heavy (non-hydrogen) atoms. The Bertz CT molecular complexity index is 1750. The fourth-order valence-corrected chi connectivity index (χ4v) is 5.16. The van der Waals surface area contributed by atoms with Gasteiger partial charge in [-0.05, 0) is 69.0 Å². The van der Waals surface area contributed by atoms with Gasteiger partial charge in [0.15, 0.2) is 0 Å². The highest BCUT2D eigenvalue weighted by molar-refractivity contribution is 5.83. The Morgan fingerprint density at radius 1 is 1.16 bits per heavy atom. The average molecular weight is 593 g/mol. The largest absolute Gasteiger partial charge is 0.444 e. The first kappa shape index (κ1) is 29.7. The quantitative estimate of drug-likeness (QED) is 0.302. The third-order valence-corrected chi connectivity index (χ3v) is 7.14. The smallest absolute Gasteiger partial charge is 0.416 e. The highest BCUT2D eigenvalue weighted by atomic mass is 19.4. The predicted molar refractivity (Wildman–Crippen MR) is 156 cm³/mol. The van der Waals surface area contributed by atoms with Crippen LogP contribution in [0.25, 0.3) is 22.3 Å². The zero-order valence-electron chi connectivity index (χ0n) is 24.0. The molecule has 2 N–H and O–H groups in total. The lowest BCUT2D eigenvalue weighted by Gasteiger charge is -2.35. The maximum atomic E-state index is 14.0. The van der Waals surface area contributed by atoms with Gasteiger partial charge in [0.2, 0.25) is 5.95 Å². The van der Waals surface area contributed by atoms with Gasteiger partial charge < -0.3 is 19.9 Å². The number of hydrogen-bond donors (Lipinski definition) is 2. The summed E-state index contributed by atoms with van der Waals surface area (Å²) in [5, 5.41) is 12.8. The average Bonchev–Trinajstić information content (AvgIpc) is 3.38. The van der Waals surface area contributed by atoms with E-state index in [0.717, 1.165) is 12.1 Å². The molecule has 12 heteroatoms. The Hall–Kier alpha value is -4.79. The molecule has 0 radical (unpaired) electrons. The highest BCUT2D eigenvalue weighted by Gasteiger charge is 2.30. The van der Waals surface area contributed by atoms with E-state index in [1.54, 1.807) is 51.1 Å². The Kier molecular flexibility index (Phi) is 7.92. The summed E-state index contributed by atoms with van der Waals surface area (Å²) in [5.41, 5.74) is 0.442. The van der Waals surface area contributed by atoms with Crippen LogP contribution in [-0.4, -0.2) is 45.4 Å². The Balaban J connectivity index is 1.55. The molecule has 1 atom stereocenters. The fraction of sp³-hybridized carbons (Fsp3) is 0.355. The standard InChI is InChI=1S/C31H31F3N6O3/c1-30(2,3)43-29(42)36-23-9-6-14-39(18-23)28-38-26-24(27(41)40(28)17-21-8-5-4-7-20(21)16-35)15-25(37-26)19-10-12-22(13-11-19)31(32,33)34/h4-5,7-8,10-13,15,23,37H,6,9,14,17-18H2,1-3H3,(H,36,42)/t23-/m1/s1. The molecule has 0 unspecified atom stereocenters. The Morgan fingerprint density at radius 2 is 1.88 bits per heavy atom. The lowest BCUT2D eigenvalue weighted by atomic mass is 10.1. The van der Waals surface area contributed by atoms with Gasteiger partial charge in [0.05, 0.1) is 29.1 Å². The fourth-order valence-electron chi connectivity index (χ4n) is 5.16. The van der Waals surface area contributed by atoms with E-state index in [-0.39, 0.29) is 29.2 Å². The van der Waals surface area contributed by atoms with Crippen molar-refractivity contribution in [3.05, 3.63) is 81.6 Å². The summed E-state index contributed by atoms with van der Waals surface area (Å²) in [4.78, 5) is 36.3. The second-order valence-corrected chi connectivity index (χ2v) is 11.5. The van der Waals surface area contributed by atoms with E-state index in [1.165, 1.54) is 16.7 Å². The summed E-state index contributed by atoms with van der Waals surface area (Å²) in [6, 6.07) is 15.1. The minimum atomic E-state index is -4.46. The number of ether oxygens (including phenoxy) is 1. The molecule has 1 fully saturated rings. The number of anilines is 1. The van der Waals surface area contributed by atoms with Gasteiger partial charge in [-0.3, -0.25) is 9.36 Å². The van der Waals surface area contributed by atoms with E-state index in [4.69, 9.17) is 9.72 Å². The number of aromatic nitrogens is 3. The molecule has 1 aliphatic heterocycles. The number of nitrogens with zero attached hydrogens (tertiary/aromatic N) is 4. The molecule has 0 aliphatic carbocycles. The van der Waals surface area contributed by atoms with Crippen molar-refractivity contribution in [2.75, 3.05) is 18.0 Å². The molecule has 4 aromatic rings. The van der Waals surface area contributed by atoms with Crippen molar-refractivity contribution < 1.29 is 22.7 Å². The number of piperidine rings is 1. The van der Waals surface area contributed by atoms with Crippen molar-refractivity contribution in [3.63, 3.8) is 0 Å². The number of halogens is 3. The minimum Gasteiger partial charge on any atom is -0.444 e. The van der Waals surface area contributed by atoms with Crippen molar-refractivity contribution in [2.24, 2.45) is 0 Å². The van der Waals surface area contributed by atoms with Gasteiger partial charge in [-0.1, -0.05) is 30.3 Å². The molecular formula is C31H31F3N6O3. The van der Waals surface area contributed by atoms with E-state index in [9.17, 15) is 28.0 Å². The van der Waals surface area contributed by atoms with Crippen LogP contribution in [0, 0.1) is 11.3 Å². The second kappa shape index (κ2) is 11.5. The Morgan fingerprint density at radius 3 is 2.56 bits per heavy atom. The van der Waals surface area contributed by atoms with Crippen molar-refractivity contribution in [1.29, 1.82) is 5.26 Å². The summed E-state index contributed by atoms with van der Waals surface area (Å²) in [7, 11) is 0. The lowest BCUT2D eigenvalue weighted by Crippen LogP contribution is -2.50. The van der Waals surface area contributed by atoms with Gasteiger partial charge in [0, 0.05) is 24.8 Å². The zero-order valence-corrected chi connectivity index (χ0v) is 24.0. The number of nitriles is 1. The van der Waals surface area contributed by atoms with Gasteiger partial charge in [-0.15, -0.1) is 0 Å². The molecule has 1 saturated heterocycles. The van der Waals surface area contributed by atoms with E-state index < -0.39 is 23.4 Å². The molecular weight excluding hydrogens is 561 g/mol. The monoisotopic (exact) mass is 592 g/mol. The van der Waals surface area contributed by atoms with Crippen molar-refractivity contribution in [2.45, 2.75) is 58.0 Å². The van der Waals surface area contributed by atoms with Gasteiger partial charge in [-0.25, -0.2) is 4.79 Å². The molecule has 1 amide bonds. The third-order valence-electron chi connectivity index (χ3n) is 7.14. The van der Waals surface area contributed by atoms with Gasteiger partial charge in [-0.2, -0.15) is 23.4 Å². The molecule has 1 aliphatic rings. The number of benzene rings is 2. The van der Waals surface area contributed by atoms with Crippen LogP contribution >= 0.6 is 0 Å². The molecule has 224 valence electrons. The molecule has 3 heterocycles. The van der Waals surface area contributed by atoms with Gasteiger partial charge in [0.25, 0.3) is 5.56 Å². The predicted octanol–water partition coefficient (Wildman–Crippen LogP) is 5.82. The van der Waals surface area contributed by atoms with Crippen molar-refractivity contribution in [1.82, 2.24) is 19.9 Å². The number of carbonyl (C=O) groups is 1. The number of nitrogens with one attached hydrogen (secondary N) is 2. The summed E-state index contributed by atoms with van der Waals surface area (Å²) in [6.45, 7) is 6.35. The zero-order chi connectivity index (χ0) is 30.9. The van der Waals surface area contributed by atoms with Crippen LogP contribution in [0.4, 0.5) is 23.9 Å². The first-order valence-corrected chi connectivity index (χ1v) is 13.9. The van der Waals surface area contributed by atoms with Crippen LogP contribution in [0.3, 0.4) is 0 Å². The first-order chi connectivity index (χ1) is 20.3. The minimum absolute atomic E-state index is 0.0717. The van der Waals surface area contributed by atoms with E-state index in [0.29, 0.717) is 54.3 Å². The topological polar surface area (TPSA) is 116 Å². The van der Waals surface area contributed by atoms with Crippen LogP contribution < -0.4 is 15.8 Å². The number of carbonyl (C=O) groups excluding carboxylic acids is 1. The maximum Gasteiger partial charge on any atom is 0.416 e. The second-order valence-electron chi connectivity index (χ2n) is 11.5. The third kappa shape index (κ3) is 6.66. The summed E-state index contributed by atoms with van der Waals surface area (Å²) >= 11 is 0. The molecule has 2 aromatic heterocycles. The summed E-state index contributed by atoms with van der Waals surface area (Å²) < 4.78 is 46.2. The number of rotatable bonds is 5. The van der Waals surface area contributed by atoms with E-state index >= 15 is 0 Å². The summed E-state index contributed by atoms with van der Waals surface area (Å²) in [5.74, 6) is 0.349. The normalized spacial score (nSPS) is 15.7. The number of hydrogen-bond acceptors (Lipinski definition) is 6. The van der Waals surface area contributed by atoms with Crippen LogP contribution in [0.15, 0.2) is 59.4 Å².